The number of nitrogens with zero attached hydrogens (tertiary/aromatic N) is 2. The van der Waals surface area contributed by atoms with Crippen LogP contribution in [0.2, 0.25) is 5.02 Å². The van der Waals surface area contributed by atoms with Crippen LogP contribution >= 0.6 is 11.6 Å². The summed E-state index contributed by atoms with van der Waals surface area (Å²) < 4.78 is 5.51. The summed E-state index contributed by atoms with van der Waals surface area (Å²) in [6, 6.07) is 14.9. The van der Waals surface area contributed by atoms with Crippen LogP contribution in [0.1, 0.15) is 49.2 Å². The predicted octanol–water partition coefficient (Wildman–Crippen LogP) is 5.98. The molecule has 3 aromatic rings. The third-order valence-electron chi connectivity index (χ3n) is 6.15. The molecule has 0 bridgehead atoms. The number of rotatable bonds is 4. The quantitative estimate of drug-likeness (QED) is 0.276. The molecule has 35 heavy (non-hydrogen) atoms. The van der Waals surface area contributed by atoms with Crippen molar-refractivity contribution in [3.63, 3.8) is 0 Å². The number of hydrogen-bond acceptors (Lipinski definition) is 5. The van der Waals surface area contributed by atoms with Gasteiger partial charge in [0.25, 0.3) is 11.7 Å². The van der Waals surface area contributed by atoms with Gasteiger partial charge in [-0.15, -0.1) is 0 Å². The Balaban J connectivity index is 2.00. The largest absolute Gasteiger partial charge is 0.507 e. The summed E-state index contributed by atoms with van der Waals surface area (Å²) in [4.78, 5) is 32.6. The van der Waals surface area contributed by atoms with Gasteiger partial charge in [0, 0.05) is 16.9 Å². The molecule has 2 aromatic carbocycles. The number of carbonyl (C=O) groups is 2. The fourth-order valence-corrected chi connectivity index (χ4v) is 4.52. The van der Waals surface area contributed by atoms with Crippen LogP contribution in [0.3, 0.4) is 0 Å². The highest BCUT2D eigenvalue weighted by Crippen LogP contribution is 2.44. The average Bonchev–Trinajstić information content (AvgIpc) is 3.08. The number of carbonyl (C=O) groups excluding carboxylic acids is 2. The lowest BCUT2D eigenvalue weighted by molar-refractivity contribution is -0.132. The Morgan fingerprint density at radius 3 is 2.43 bits per heavy atom. The van der Waals surface area contributed by atoms with Crippen LogP contribution in [-0.4, -0.2) is 28.9 Å². The number of aliphatic hydroxyl groups is 1. The number of halogens is 1. The number of amides is 1. The first-order valence-corrected chi connectivity index (χ1v) is 11.6. The fraction of sp³-hybridized carbons (Fsp3) is 0.250. The fourth-order valence-electron chi connectivity index (χ4n) is 4.29. The lowest BCUT2D eigenvalue weighted by Crippen LogP contribution is -2.30. The smallest absolute Gasteiger partial charge is 0.300 e. The van der Waals surface area contributed by atoms with Crippen molar-refractivity contribution in [2.45, 2.75) is 39.2 Å². The topological polar surface area (TPSA) is 79.7 Å². The van der Waals surface area contributed by atoms with Gasteiger partial charge in [-0.2, -0.15) is 0 Å². The van der Waals surface area contributed by atoms with Crippen molar-refractivity contribution in [2.24, 2.45) is 0 Å². The van der Waals surface area contributed by atoms with Gasteiger partial charge >= 0.3 is 0 Å². The molecule has 1 amide bonds. The first-order chi connectivity index (χ1) is 16.5. The summed E-state index contributed by atoms with van der Waals surface area (Å²) in [6.07, 6.45) is 1.59. The van der Waals surface area contributed by atoms with Crippen LogP contribution < -0.4 is 9.64 Å². The highest BCUT2D eigenvalue weighted by atomic mass is 35.5. The number of aliphatic hydroxyl groups excluding tert-OH is 1. The van der Waals surface area contributed by atoms with Gasteiger partial charge in [-0.25, -0.2) is 0 Å². The summed E-state index contributed by atoms with van der Waals surface area (Å²) in [5.74, 6) is -1.46. The zero-order chi connectivity index (χ0) is 25.5. The maximum absolute atomic E-state index is 13.4. The van der Waals surface area contributed by atoms with Crippen molar-refractivity contribution in [1.29, 1.82) is 0 Å². The van der Waals surface area contributed by atoms with E-state index >= 15 is 0 Å². The molecule has 1 fully saturated rings. The molecule has 0 saturated carbocycles. The molecule has 7 heteroatoms. The number of benzene rings is 2. The molecule has 1 unspecified atom stereocenters. The van der Waals surface area contributed by atoms with Crippen LogP contribution in [0.5, 0.6) is 5.75 Å². The molecule has 1 aliphatic heterocycles. The molecule has 180 valence electrons. The second-order valence-corrected chi connectivity index (χ2v) is 9.96. The monoisotopic (exact) mass is 490 g/mol. The highest BCUT2D eigenvalue weighted by Gasteiger charge is 2.48. The maximum atomic E-state index is 13.4. The maximum Gasteiger partial charge on any atom is 0.300 e. The van der Waals surface area contributed by atoms with Crippen molar-refractivity contribution < 1.29 is 19.4 Å². The summed E-state index contributed by atoms with van der Waals surface area (Å²) in [7, 11) is 1.49. The third kappa shape index (κ3) is 4.42. The van der Waals surface area contributed by atoms with Gasteiger partial charge in [0.1, 0.15) is 17.6 Å². The van der Waals surface area contributed by atoms with E-state index < -0.39 is 17.7 Å². The molecule has 1 N–H and O–H groups in total. The Labute approximate surface area is 209 Å². The third-order valence-corrected chi connectivity index (χ3v) is 6.39. The van der Waals surface area contributed by atoms with Gasteiger partial charge in [0.15, 0.2) is 0 Å². The van der Waals surface area contributed by atoms with Gasteiger partial charge in [0.2, 0.25) is 0 Å². The van der Waals surface area contributed by atoms with Crippen molar-refractivity contribution >= 4 is 34.7 Å². The summed E-state index contributed by atoms with van der Waals surface area (Å²) in [6.45, 7) is 7.96. The van der Waals surface area contributed by atoms with Crippen LogP contribution in [0.15, 0.2) is 66.4 Å². The molecule has 0 radical (unpaired) electrons. The number of hydrogen-bond donors (Lipinski definition) is 1. The molecule has 2 heterocycles. The van der Waals surface area contributed by atoms with Crippen molar-refractivity contribution in [1.82, 2.24) is 4.98 Å². The van der Waals surface area contributed by atoms with E-state index in [9.17, 15) is 14.7 Å². The minimum atomic E-state index is -0.931. The second kappa shape index (κ2) is 9.19. The molecule has 1 aliphatic rings. The van der Waals surface area contributed by atoms with E-state index in [0.29, 0.717) is 33.3 Å². The molecule has 1 aromatic heterocycles. The number of aromatic nitrogens is 1. The normalized spacial score (nSPS) is 17.7. The molecule has 6 nitrogen and oxygen atoms in total. The average molecular weight is 491 g/mol. The molecular formula is C28H27ClN2O4. The Hall–Kier alpha value is -3.64. The Kier molecular flexibility index (Phi) is 6.43. The van der Waals surface area contributed by atoms with E-state index in [1.54, 1.807) is 54.7 Å². The lowest BCUT2D eigenvalue weighted by atomic mass is 9.85. The molecule has 1 atom stereocenters. The summed E-state index contributed by atoms with van der Waals surface area (Å²) in [5, 5.41) is 12.1. The zero-order valence-corrected chi connectivity index (χ0v) is 21.1. The SMILES string of the molecule is COc1ccc(C(C)(C)C)cc1/C(O)=C1\C(=O)C(=O)N(c2ccc(Cl)cc2C)C1c1ccccn1. The van der Waals surface area contributed by atoms with Crippen molar-refractivity contribution in [3.05, 3.63) is 93.8 Å². The highest BCUT2D eigenvalue weighted by molar-refractivity contribution is 6.51. The van der Waals surface area contributed by atoms with Gasteiger partial charge in [-0.3, -0.25) is 19.5 Å². The number of Topliss-reactive ketones (excluding diaryl/α,β-unsaturated/α-hetero) is 1. The summed E-state index contributed by atoms with van der Waals surface area (Å²) in [5.41, 5.74) is 2.70. The van der Waals surface area contributed by atoms with Gasteiger partial charge in [-0.05, 0) is 65.9 Å². The molecule has 0 spiro atoms. The van der Waals surface area contributed by atoms with E-state index in [2.05, 4.69) is 25.8 Å². The summed E-state index contributed by atoms with van der Waals surface area (Å²) >= 11 is 6.14. The number of methoxy groups -OCH3 is 1. The van der Waals surface area contributed by atoms with E-state index in [1.807, 2.05) is 13.0 Å². The van der Waals surface area contributed by atoms with E-state index in [-0.39, 0.29) is 16.7 Å². The van der Waals surface area contributed by atoms with Crippen LogP contribution in [0, 0.1) is 6.92 Å². The number of pyridine rings is 1. The van der Waals surface area contributed by atoms with Crippen molar-refractivity contribution in [2.75, 3.05) is 12.0 Å². The van der Waals surface area contributed by atoms with E-state index in [1.165, 1.54) is 12.0 Å². The zero-order valence-electron chi connectivity index (χ0n) is 20.3. The van der Waals surface area contributed by atoms with Crippen LogP contribution in [-0.2, 0) is 15.0 Å². The first-order valence-electron chi connectivity index (χ1n) is 11.2. The Bertz CT molecular complexity index is 1340. The number of ketones is 1. The lowest BCUT2D eigenvalue weighted by Gasteiger charge is -2.26. The molecular weight excluding hydrogens is 464 g/mol. The van der Waals surface area contributed by atoms with E-state index in [4.69, 9.17) is 16.3 Å². The minimum absolute atomic E-state index is 0.0487. The number of aryl methyl sites for hydroxylation is 1. The van der Waals surface area contributed by atoms with Crippen molar-refractivity contribution in [3.8, 4) is 5.75 Å². The first kappa shape index (κ1) is 24.5. The van der Waals surface area contributed by atoms with Gasteiger partial charge in [0.05, 0.1) is 23.9 Å². The Morgan fingerprint density at radius 2 is 1.83 bits per heavy atom. The second-order valence-electron chi connectivity index (χ2n) is 9.52. The number of ether oxygens (including phenoxy) is 1. The van der Waals surface area contributed by atoms with Crippen LogP contribution in [0.4, 0.5) is 5.69 Å². The van der Waals surface area contributed by atoms with Crippen LogP contribution in [0.25, 0.3) is 5.76 Å². The van der Waals surface area contributed by atoms with E-state index in [0.717, 1.165) is 5.56 Å². The minimum Gasteiger partial charge on any atom is -0.507 e. The Morgan fingerprint density at radius 1 is 1.09 bits per heavy atom. The predicted molar refractivity (Wildman–Crippen MR) is 137 cm³/mol. The van der Waals surface area contributed by atoms with Gasteiger partial charge < -0.3 is 9.84 Å². The number of anilines is 1. The molecule has 0 aliphatic carbocycles. The standard InChI is InChI=1S/C28H27ClN2O4/c1-16-14-18(29)10-11-21(16)31-24(20-8-6-7-13-30-20)23(26(33)27(31)34)25(32)19-15-17(28(2,3)4)9-12-22(19)35-5/h6-15,24,32H,1-5H3/b25-23+. The van der Waals surface area contributed by atoms with Gasteiger partial charge in [-0.1, -0.05) is 44.5 Å². The molecule has 4 rings (SSSR count). The molecule has 1 saturated heterocycles.